The molecule has 3 aliphatic rings. The summed E-state index contributed by atoms with van der Waals surface area (Å²) in [6.07, 6.45) is 8.65. The van der Waals surface area contributed by atoms with Crippen molar-refractivity contribution in [2.24, 2.45) is 0 Å². The van der Waals surface area contributed by atoms with E-state index in [1.165, 1.54) is 11.1 Å². The van der Waals surface area contributed by atoms with E-state index in [1.54, 1.807) is 0 Å². The number of carbonyl (C=O) groups is 1. The van der Waals surface area contributed by atoms with Gasteiger partial charge in [0.2, 0.25) is 5.91 Å². The molecule has 2 aliphatic heterocycles. The molecule has 4 rings (SSSR count). The molecule has 3 heterocycles. The van der Waals surface area contributed by atoms with Crippen molar-refractivity contribution in [1.82, 2.24) is 24.6 Å². The molecular weight excluding hydrogens is 350 g/mol. The number of nitrogens with zero attached hydrogens (tertiary/aromatic N) is 4. The molecule has 0 atom stereocenters. The van der Waals surface area contributed by atoms with Gasteiger partial charge >= 0.3 is 0 Å². The lowest BCUT2D eigenvalue weighted by Crippen LogP contribution is -2.38. The highest BCUT2D eigenvalue weighted by Gasteiger charge is 2.25. The van der Waals surface area contributed by atoms with E-state index in [0.717, 1.165) is 42.9 Å². The molecule has 1 fully saturated rings. The smallest absolute Gasteiger partial charge is 0.222 e. The van der Waals surface area contributed by atoms with Crippen LogP contribution in [0.2, 0.25) is 0 Å². The summed E-state index contributed by atoms with van der Waals surface area (Å²) in [5.41, 5.74) is 4.60. The quantitative estimate of drug-likeness (QED) is 0.733. The number of carbonyl (C=O) groups excluding carboxylic acids is 1. The second-order valence-electron chi connectivity index (χ2n) is 7.98. The van der Waals surface area contributed by atoms with Gasteiger partial charge in [0.1, 0.15) is 5.82 Å². The van der Waals surface area contributed by atoms with Crippen molar-refractivity contribution in [2.75, 3.05) is 0 Å². The summed E-state index contributed by atoms with van der Waals surface area (Å²) in [6.45, 7) is 6.80. The normalized spacial score (nSPS) is 19.8. The van der Waals surface area contributed by atoms with Crippen LogP contribution in [0.4, 0.5) is 0 Å². The third-order valence-electron chi connectivity index (χ3n) is 6.23. The monoisotopic (exact) mass is 379 g/mol. The van der Waals surface area contributed by atoms with Crippen LogP contribution >= 0.6 is 0 Å². The molecule has 0 spiro atoms. The number of rotatable bonds is 5. The van der Waals surface area contributed by atoms with E-state index in [-0.39, 0.29) is 11.9 Å². The molecule has 6 heteroatoms. The largest absolute Gasteiger partial charge is 0.353 e. The van der Waals surface area contributed by atoms with Crippen LogP contribution in [0.25, 0.3) is 11.4 Å². The highest BCUT2D eigenvalue weighted by Crippen LogP contribution is 2.32. The summed E-state index contributed by atoms with van der Waals surface area (Å²) < 4.78 is 4.25. The maximum absolute atomic E-state index is 12.4. The predicted octanol–water partition coefficient (Wildman–Crippen LogP) is 3.80. The molecule has 1 aromatic rings. The van der Waals surface area contributed by atoms with Gasteiger partial charge in [0, 0.05) is 48.7 Å². The van der Waals surface area contributed by atoms with Gasteiger partial charge < -0.3 is 9.88 Å². The number of aryl methyl sites for hydroxylation is 2. The highest BCUT2D eigenvalue weighted by molar-refractivity contribution is 5.76. The lowest BCUT2D eigenvalue weighted by atomic mass is 9.90. The topological polar surface area (TPSA) is 64.7 Å². The van der Waals surface area contributed by atoms with E-state index in [1.807, 2.05) is 17.8 Å². The second kappa shape index (κ2) is 7.78. The maximum atomic E-state index is 12.4. The Morgan fingerprint density at radius 1 is 1.18 bits per heavy atom. The van der Waals surface area contributed by atoms with E-state index >= 15 is 0 Å². The van der Waals surface area contributed by atoms with Crippen molar-refractivity contribution in [3.8, 4) is 11.4 Å². The van der Waals surface area contributed by atoms with Gasteiger partial charge in [-0.25, -0.2) is 4.98 Å². The fourth-order valence-electron chi connectivity index (χ4n) is 4.30. The number of fused-ring (bicyclic) bond motifs is 1. The summed E-state index contributed by atoms with van der Waals surface area (Å²) in [4.78, 5) is 16.9. The van der Waals surface area contributed by atoms with Gasteiger partial charge in [-0.05, 0) is 70.2 Å². The summed E-state index contributed by atoms with van der Waals surface area (Å²) in [5, 5.41) is 7.75. The number of nitrogens with one attached hydrogen (secondary N) is 1. The van der Waals surface area contributed by atoms with Gasteiger partial charge in [0.05, 0.1) is 5.69 Å². The van der Waals surface area contributed by atoms with E-state index in [0.29, 0.717) is 19.0 Å². The fraction of sp³-hybridized carbons (Fsp3) is 0.500. The van der Waals surface area contributed by atoms with E-state index in [4.69, 9.17) is 0 Å². The third kappa shape index (κ3) is 3.68. The summed E-state index contributed by atoms with van der Waals surface area (Å²) in [6, 6.07) is 7.00. The molecule has 0 aromatic carbocycles. The third-order valence-corrected chi connectivity index (χ3v) is 6.23. The molecule has 148 valence electrons. The maximum Gasteiger partial charge on any atom is 0.222 e. The van der Waals surface area contributed by atoms with E-state index in [2.05, 4.69) is 58.2 Å². The van der Waals surface area contributed by atoms with Crippen molar-refractivity contribution >= 4 is 5.91 Å². The van der Waals surface area contributed by atoms with Crippen molar-refractivity contribution in [3.05, 3.63) is 47.5 Å². The molecule has 28 heavy (non-hydrogen) atoms. The second-order valence-corrected chi connectivity index (χ2v) is 7.98. The molecule has 0 radical (unpaired) electrons. The van der Waals surface area contributed by atoms with Crippen molar-refractivity contribution in [3.63, 3.8) is 0 Å². The zero-order valence-electron chi connectivity index (χ0n) is 17.0. The number of aromatic nitrogens is 4. The van der Waals surface area contributed by atoms with Gasteiger partial charge in [-0.1, -0.05) is 0 Å². The number of hydrogen-bond acceptors (Lipinski definition) is 3. The van der Waals surface area contributed by atoms with E-state index in [9.17, 15) is 4.79 Å². The van der Waals surface area contributed by atoms with Crippen molar-refractivity contribution < 1.29 is 4.79 Å². The first-order valence-electron chi connectivity index (χ1n) is 10.2. The Labute approximate surface area is 166 Å². The lowest BCUT2D eigenvalue weighted by Gasteiger charge is -2.31. The van der Waals surface area contributed by atoms with Gasteiger partial charge in [-0.2, -0.15) is 5.10 Å². The minimum absolute atomic E-state index is 0.126. The Balaban J connectivity index is 1.28. The minimum atomic E-state index is 0.126. The van der Waals surface area contributed by atoms with Crippen LogP contribution in [0.1, 0.15) is 55.1 Å². The SMILES string of the molecule is Cc1nn(CCC(=O)NC2CCC(n3cccc4ccnc3-4)CC2)c(C)c1C. The average Bonchev–Trinajstić information content (AvgIpc) is 3.27. The summed E-state index contributed by atoms with van der Waals surface area (Å²) in [7, 11) is 0. The van der Waals surface area contributed by atoms with Crippen LogP contribution < -0.4 is 5.32 Å². The molecule has 0 saturated heterocycles. The number of hydrogen-bond donors (Lipinski definition) is 1. The minimum Gasteiger partial charge on any atom is -0.353 e. The summed E-state index contributed by atoms with van der Waals surface area (Å²) >= 11 is 0. The van der Waals surface area contributed by atoms with Crippen molar-refractivity contribution in [1.29, 1.82) is 0 Å². The van der Waals surface area contributed by atoms with Crippen LogP contribution in [0, 0.1) is 20.8 Å². The first-order chi connectivity index (χ1) is 13.5. The Bertz CT molecular complexity index is 932. The predicted molar refractivity (Wildman–Crippen MR) is 109 cm³/mol. The van der Waals surface area contributed by atoms with Gasteiger partial charge in [0.25, 0.3) is 0 Å². The molecule has 1 N–H and O–H groups in total. The average molecular weight is 380 g/mol. The standard InChI is InChI=1S/C22H29N5O/c1-15-16(2)25-27(17(15)3)14-11-21(28)24-19-6-8-20(9-7-19)26-13-4-5-18-10-12-23-22(18)26/h4-5,10,12-13,19-20H,6-9,11,14H2,1-3H3,(H,24,28). The molecule has 1 aliphatic carbocycles. The Morgan fingerprint density at radius 2 is 1.96 bits per heavy atom. The molecular formula is C22H29N5O. The van der Waals surface area contributed by atoms with Gasteiger partial charge in [0.15, 0.2) is 0 Å². The Hall–Kier alpha value is -2.63. The zero-order valence-corrected chi connectivity index (χ0v) is 17.0. The molecule has 1 amide bonds. The molecule has 0 unspecified atom stereocenters. The van der Waals surface area contributed by atoms with Crippen LogP contribution in [-0.2, 0) is 11.3 Å². The Morgan fingerprint density at radius 3 is 2.68 bits per heavy atom. The van der Waals surface area contributed by atoms with Crippen LogP contribution in [0.15, 0.2) is 30.6 Å². The number of amides is 1. The van der Waals surface area contributed by atoms with Crippen LogP contribution in [0.3, 0.4) is 0 Å². The molecule has 0 bridgehead atoms. The van der Waals surface area contributed by atoms with Gasteiger partial charge in [-0.3, -0.25) is 9.48 Å². The lowest BCUT2D eigenvalue weighted by molar-refractivity contribution is -0.122. The van der Waals surface area contributed by atoms with E-state index < -0.39 is 0 Å². The summed E-state index contributed by atoms with van der Waals surface area (Å²) in [5.74, 6) is 1.19. The zero-order chi connectivity index (χ0) is 19.7. The molecule has 1 aromatic heterocycles. The van der Waals surface area contributed by atoms with Crippen LogP contribution in [-0.4, -0.2) is 31.3 Å². The van der Waals surface area contributed by atoms with Crippen LogP contribution in [0.5, 0.6) is 0 Å². The first-order valence-corrected chi connectivity index (χ1v) is 10.2. The van der Waals surface area contributed by atoms with Gasteiger partial charge in [-0.15, -0.1) is 0 Å². The van der Waals surface area contributed by atoms with Crippen molar-refractivity contribution in [2.45, 2.75) is 71.5 Å². The Kier molecular flexibility index (Phi) is 5.20. The fourth-order valence-corrected chi connectivity index (χ4v) is 4.30. The highest BCUT2D eigenvalue weighted by atomic mass is 16.1. The first kappa shape index (κ1) is 18.7. The molecule has 6 nitrogen and oxygen atoms in total. The molecule has 1 saturated carbocycles. The number of pyridine rings is 1.